The molecule has 0 aliphatic heterocycles. The van der Waals surface area contributed by atoms with Crippen molar-refractivity contribution in [1.29, 1.82) is 0 Å². The molecule has 0 aromatic heterocycles. The van der Waals surface area contributed by atoms with Crippen LogP contribution in [-0.2, 0) is 16.1 Å². The van der Waals surface area contributed by atoms with Gasteiger partial charge in [-0.3, -0.25) is 9.59 Å². The predicted octanol–water partition coefficient (Wildman–Crippen LogP) is 3.26. The van der Waals surface area contributed by atoms with Gasteiger partial charge in [-0.25, -0.2) is 0 Å². The SMILES string of the molecule is CCCC(=O)N(Cc1ccccc1)[C@H](C)C(=O)NC1CCCC1. The topological polar surface area (TPSA) is 49.4 Å². The lowest BCUT2D eigenvalue weighted by Crippen LogP contribution is -2.49. The largest absolute Gasteiger partial charge is 0.352 e. The number of hydrogen-bond donors (Lipinski definition) is 1. The Bertz CT molecular complexity index is 509. The molecule has 126 valence electrons. The van der Waals surface area contributed by atoms with E-state index in [1.54, 1.807) is 4.90 Å². The number of carbonyl (C=O) groups excluding carboxylic acids is 2. The number of nitrogens with zero attached hydrogens (tertiary/aromatic N) is 1. The van der Waals surface area contributed by atoms with Crippen LogP contribution in [0.2, 0.25) is 0 Å². The molecule has 0 radical (unpaired) electrons. The summed E-state index contributed by atoms with van der Waals surface area (Å²) in [6.45, 7) is 4.31. The Morgan fingerprint density at radius 3 is 2.48 bits per heavy atom. The Kier molecular flexibility index (Phi) is 6.63. The fraction of sp³-hybridized carbons (Fsp3) is 0.579. The van der Waals surface area contributed by atoms with E-state index in [2.05, 4.69) is 5.32 Å². The van der Waals surface area contributed by atoms with E-state index in [1.165, 1.54) is 12.8 Å². The molecule has 1 aromatic rings. The summed E-state index contributed by atoms with van der Waals surface area (Å²) in [6.07, 6.45) is 5.75. The van der Waals surface area contributed by atoms with Crippen molar-refractivity contribution < 1.29 is 9.59 Å². The Labute approximate surface area is 139 Å². The number of carbonyl (C=O) groups is 2. The Balaban J connectivity index is 2.04. The zero-order chi connectivity index (χ0) is 16.7. The molecule has 1 N–H and O–H groups in total. The number of benzene rings is 1. The Hall–Kier alpha value is -1.84. The van der Waals surface area contributed by atoms with E-state index in [4.69, 9.17) is 0 Å². The summed E-state index contributed by atoms with van der Waals surface area (Å²) in [6, 6.07) is 9.71. The van der Waals surface area contributed by atoms with E-state index < -0.39 is 6.04 Å². The second-order valence-electron chi connectivity index (χ2n) is 6.42. The average molecular weight is 316 g/mol. The van der Waals surface area contributed by atoms with Gasteiger partial charge in [-0.15, -0.1) is 0 Å². The van der Waals surface area contributed by atoms with Crippen LogP contribution in [0.5, 0.6) is 0 Å². The van der Waals surface area contributed by atoms with Gasteiger partial charge < -0.3 is 10.2 Å². The first kappa shape index (κ1) is 17.5. The highest BCUT2D eigenvalue weighted by Crippen LogP contribution is 2.18. The Morgan fingerprint density at radius 2 is 1.87 bits per heavy atom. The summed E-state index contributed by atoms with van der Waals surface area (Å²) in [4.78, 5) is 26.7. The molecular weight excluding hydrogens is 288 g/mol. The summed E-state index contributed by atoms with van der Waals surface area (Å²) in [5.74, 6) is 0.0164. The molecule has 0 unspecified atom stereocenters. The van der Waals surface area contributed by atoms with Crippen LogP contribution >= 0.6 is 0 Å². The third-order valence-electron chi connectivity index (χ3n) is 4.53. The van der Waals surface area contributed by atoms with Gasteiger partial charge in [0.25, 0.3) is 0 Å². The highest BCUT2D eigenvalue weighted by atomic mass is 16.2. The van der Waals surface area contributed by atoms with Crippen molar-refractivity contribution >= 4 is 11.8 Å². The summed E-state index contributed by atoms with van der Waals surface area (Å²) in [5, 5.41) is 3.11. The first-order chi connectivity index (χ1) is 11.1. The lowest BCUT2D eigenvalue weighted by atomic mass is 10.1. The average Bonchev–Trinajstić information content (AvgIpc) is 3.06. The lowest BCUT2D eigenvalue weighted by Gasteiger charge is -2.29. The fourth-order valence-corrected chi connectivity index (χ4v) is 3.11. The highest BCUT2D eigenvalue weighted by molar-refractivity contribution is 5.87. The van der Waals surface area contributed by atoms with E-state index >= 15 is 0 Å². The van der Waals surface area contributed by atoms with Crippen LogP contribution in [-0.4, -0.2) is 28.8 Å². The smallest absolute Gasteiger partial charge is 0.242 e. The number of nitrogens with one attached hydrogen (secondary N) is 1. The molecule has 1 saturated carbocycles. The second-order valence-corrected chi connectivity index (χ2v) is 6.42. The van der Waals surface area contributed by atoms with Crippen molar-refractivity contribution in [2.24, 2.45) is 0 Å². The molecule has 4 heteroatoms. The third kappa shape index (κ3) is 5.08. The summed E-state index contributed by atoms with van der Waals surface area (Å²) in [5.41, 5.74) is 1.05. The summed E-state index contributed by atoms with van der Waals surface area (Å²) < 4.78 is 0. The van der Waals surface area contributed by atoms with Crippen LogP contribution in [0.1, 0.15) is 57.9 Å². The summed E-state index contributed by atoms with van der Waals surface area (Å²) >= 11 is 0. The molecule has 23 heavy (non-hydrogen) atoms. The van der Waals surface area contributed by atoms with Gasteiger partial charge in [0.15, 0.2) is 0 Å². The van der Waals surface area contributed by atoms with Crippen LogP contribution in [0.4, 0.5) is 0 Å². The van der Waals surface area contributed by atoms with Crippen molar-refractivity contribution in [1.82, 2.24) is 10.2 Å². The molecule has 1 aliphatic rings. The lowest BCUT2D eigenvalue weighted by molar-refractivity contribution is -0.140. The van der Waals surface area contributed by atoms with E-state index in [9.17, 15) is 9.59 Å². The van der Waals surface area contributed by atoms with Crippen molar-refractivity contribution in [3.63, 3.8) is 0 Å². The maximum absolute atomic E-state index is 12.5. The summed E-state index contributed by atoms with van der Waals surface area (Å²) in [7, 11) is 0. The molecule has 0 spiro atoms. The minimum atomic E-state index is -0.435. The highest BCUT2D eigenvalue weighted by Gasteiger charge is 2.27. The molecule has 1 atom stereocenters. The first-order valence-corrected chi connectivity index (χ1v) is 8.75. The maximum atomic E-state index is 12.5. The van der Waals surface area contributed by atoms with E-state index in [1.807, 2.05) is 44.2 Å². The molecule has 0 bridgehead atoms. The van der Waals surface area contributed by atoms with Gasteiger partial charge in [0.05, 0.1) is 0 Å². The van der Waals surface area contributed by atoms with E-state index in [0.717, 1.165) is 24.8 Å². The minimum absolute atomic E-state index is 0.0303. The van der Waals surface area contributed by atoms with Crippen molar-refractivity contribution in [3.05, 3.63) is 35.9 Å². The molecule has 1 aromatic carbocycles. The zero-order valence-corrected chi connectivity index (χ0v) is 14.3. The molecule has 0 saturated heterocycles. The number of hydrogen-bond acceptors (Lipinski definition) is 2. The number of amides is 2. The molecule has 2 rings (SSSR count). The van der Waals surface area contributed by atoms with Gasteiger partial charge in [0, 0.05) is 19.0 Å². The van der Waals surface area contributed by atoms with Gasteiger partial charge in [0.2, 0.25) is 11.8 Å². The normalized spacial score (nSPS) is 16.1. The monoisotopic (exact) mass is 316 g/mol. The molecule has 2 amide bonds. The standard InChI is InChI=1S/C19H28N2O2/c1-3-9-18(22)21(14-16-10-5-4-6-11-16)15(2)19(23)20-17-12-7-8-13-17/h4-6,10-11,15,17H,3,7-9,12-14H2,1-2H3,(H,20,23)/t15-/m1/s1. The quantitative estimate of drug-likeness (QED) is 0.839. The van der Waals surface area contributed by atoms with E-state index in [0.29, 0.717) is 13.0 Å². The second kappa shape index (κ2) is 8.70. The van der Waals surface area contributed by atoms with Gasteiger partial charge in [-0.1, -0.05) is 50.1 Å². The van der Waals surface area contributed by atoms with Crippen LogP contribution in [0.25, 0.3) is 0 Å². The van der Waals surface area contributed by atoms with Gasteiger partial charge in [0.1, 0.15) is 6.04 Å². The molecule has 1 fully saturated rings. The third-order valence-corrected chi connectivity index (χ3v) is 4.53. The van der Waals surface area contributed by atoms with Crippen LogP contribution < -0.4 is 5.32 Å². The van der Waals surface area contributed by atoms with Gasteiger partial charge in [-0.2, -0.15) is 0 Å². The van der Waals surface area contributed by atoms with Gasteiger partial charge >= 0.3 is 0 Å². The minimum Gasteiger partial charge on any atom is -0.352 e. The van der Waals surface area contributed by atoms with Crippen LogP contribution in [0.3, 0.4) is 0 Å². The first-order valence-electron chi connectivity index (χ1n) is 8.75. The number of rotatable bonds is 7. The predicted molar refractivity (Wildman–Crippen MR) is 91.8 cm³/mol. The molecule has 1 aliphatic carbocycles. The molecule has 0 heterocycles. The van der Waals surface area contributed by atoms with Crippen molar-refractivity contribution in [2.45, 2.75) is 71.0 Å². The Morgan fingerprint density at radius 1 is 1.22 bits per heavy atom. The molecular formula is C19H28N2O2. The van der Waals surface area contributed by atoms with E-state index in [-0.39, 0.29) is 17.9 Å². The van der Waals surface area contributed by atoms with Crippen molar-refractivity contribution in [3.8, 4) is 0 Å². The zero-order valence-electron chi connectivity index (χ0n) is 14.3. The van der Waals surface area contributed by atoms with Crippen molar-refractivity contribution in [2.75, 3.05) is 0 Å². The van der Waals surface area contributed by atoms with Crippen LogP contribution in [0, 0.1) is 0 Å². The van der Waals surface area contributed by atoms with Gasteiger partial charge in [-0.05, 0) is 31.7 Å². The maximum Gasteiger partial charge on any atom is 0.242 e. The molecule has 4 nitrogen and oxygen atoms in total. The fourth-order valence-electron chi connectivity index (χ4n) is 3.11. The van der Waals surface area contributed by atoms with Crippen LogP contribution in [0.15, 0.2) is 30.3 Å².